The number of aromatic nitrogens is 1. The van der Waals surface area contributed by atoms with E-state index < -0.39 is 0 Å². The van der Waals surface area contributed by atoms with Gasteiger partial charge in [-0.05, 0) is 41.1 Å². The number of methoxy groups -OCH3 is 1. The highest BCUT2D eigenvalue weighted by molar-refractivity contribution is 6.10. The molecule has 0 bridgehead atoms. The Bertz CT molecular complexity index is 961. The highest BCUT2D eigenvalue weighted by atomic mass is 16.5. The topological polar surface area (TPSA) is 23.4 Å². The fourth-order valence-electron chi connectivity index (χ4n) is 2.99. The minimum absolute atomic E-state index is 0.887. The van der Waals surface area contributed by atoms with Gasteiger partial charge >= 0.3 is 0 Å². The Balaban J connectivity index is 2.04. The van der Waals surface area contributed by atoms with Crippen LogP contribution >= 0.6 is 0 Å². The number of rotatable bonds is 2. The molecule has 0 saturated carbocycles. The van der Waals surface area contributed by atoms with E-state index in [1.165, 1.54) is 27.1 Å². The zero-order chi connectivity index (χ0) is 14.9. The molecular formula is C20H16NO+. The molecule has 0 aliphatic rings. The molecule has 0 fully saturated rings. The third kappa shape index (κ3) is 2.01. The minimum Gasteiger partial charge on any atom is -0.497 e. The lowest BCUT2D eigenvalue weighted by molar-refractivity contribution is -0.362. The van der Waals surface area contributed by atoms with Crippen LogP contribution in [0.3, 0.4) is 0 Å². The smallest absolute Gasteiger partial charge is 0.218 e. The van der Waals surface area contributed by atoms with Crippen molar-refractivity contribution in [1.82, 2.24) is 0 Å². The first-order valence-corrected chi connectivity index (χ1v) is 7.33. The average molecular weight is 286 g/mol. The molecule has 0 radical (unpaired) electrons. The maximum Gasteiger partial charge on any atom is 0.218 e. The van der Waals surface area contributed by atoms with Crippen molar-refractivity contribution in [2.24, 2.45) is 0 Å². The van der Waals surface area contributed by atoms with Gasteiger partial charge in [-0.1, -0.05) is 30.3 Å². The average Bonchev–Trinajstić information content (AvgIpc) is 2.61. The summed E-state index contributed by atoms with van der Waals surface area (Å²) >= 11 is 0. The van der Waals surface area contributed by atoms with E-state index in [0.717, 1.165) is 11.4 Å². The molecule has 0 aliphatic carbocycles. The van der Waals surface area contributed by atoms with E-state index in [1.807, 2.05) is 18.3 Å². The summed E-state index contributed by atoms with van der Waals surface area (Å²) in [5, 5.41) is 4.91. The summed E-state index contributed by atoms with van der Waals surface area (Å²) in [7, 11) is 1.70. The van der Waals surface area contributed by atoms with Crippen LogP contribution in [0, 0.1) is 0 Å². The summed E-state index contributed by atoms with van der Waals surface area (Å²) in [5.41, 5.74) is 2.34. The lowest BCUT2D eigenvalue weighted by atomic mass is 9.99. The van der Waals surface area contributed by atoms with Gasteiger partial charge in [0.2, 0.25) is 5.69 Å². The van der Waals surface area contributed by atoms with E-state index in [9.17, 15) is 0 Å². The predicted molar refractivity (Wildman–Crippen MR) is 90.0 cm³/mol. The summed E-state index contributed by atoms with van der Waals surface area (Å²) in [6.07, 6.45) is 2.01. The van der Waals surface area contributed by atoms with E-state index >= 15 is 0 Å². The largest absolute Gasteiger partial charge is 0.497 e. The number of aromatic amines is 1. The first-order chi connectivity index (χ1) is 10.9. The first kappa shape index (κ1) is 12.8. The molecule has 1 heterocycles. The number of ether oxygens (including phenoxy) is 1. The van der Waals surface area contributed by atoms with Gasteiger partial charge in [0.05, 0.1) is 12.5 Å². The number of pyridine rings is 1. The normalized spacial score (nSPS) is 11.0. The number of H-pyrrole nitrogens is 1. The van der Waals surface area contributed by atoms with Crippen LogP contribution in [0.5, 0.6) is 5.75 Å². The highest BCUT2D eigenvalue weighted by Crippen LogP contribution is 2.31. The van der Waals surface area contributed by atoms with Gasteiger partial charge in [-0.2, -0.15) is 0 Å². The molecule has 3 aromatic carbocycles. The Morgan fingerprint density at radius 1 is 0.773 bits per heavy atom. The van der Waals surface area contributed by atoms with Crippen molar-refractivity contribution >= 4 is 21.5 Å². The Morgan fingerprint density at radius 3 is 2.41 bits per heavy atom. The number of hydrogen-bond donors (Lipinski definition) is 0. The second kappa shape index (κ2) is 5.15. The van der Waals surface area contributed by atoms with Gasteiger partial charge in [-0.3, -0.25) is 0 Å². The molecule has 0 spiro atoms. The van der Waals surface area contributed by atoms with Gasteiger partial charge in [0, 0.05) is 17.0 Å². The zero-order valence-electron chi connectivity index (χ0n) is 12.3. The van der Waals surface area contributed by atoms with Crippen molar-refractivity contribution in [2.75, 3.05) is 7.11 Å². The van der Waals surface area contributed by atoms with Crippen LogP contribution < -0.4 is 9.72 Å². The van der Waals surface area contributed by atoms with Gasteiger partial charge in [0.25, 0.3) is 0 Å². The lowest BCUT2D eigenvalue weighted by Crippen LogP contribution is -2.06. The SMILES string of the molecule is COc1ccc2c(ccc3c(-c4ccccc4)[nH+]ccc32)c1. The molecule has 1 aromatic heterocycles. The van der Waals surface area contributed by atoms with Crippen molar-refractivity contribution in [1.29, 1.82) is 0 Å². The van der Waals surface area contributed by atoms with Crippen LogP contribution in [-0.4, -0.2) is 7.11 Å². The van der Waals surface area contributed by atoms with E-state index in [0.29, 0.717) is 0 Å². The number of benzene rings is 3. The Kier molecular flexibility index (Phi) is 3.01. The van der Waals surface area contributed by atoms with Crippen LogP contribution in [0.25, 0.3) is 32.8 Å². The van der Waals surface area contributed by atoms with Crippen LogP contribution in [0.15, 0.2) is 72.9 Å². The van der Waals surface area contributed by atoms with Crippen molar-refractivity contribution in [2.45, 2.75) is 0 Å². The molecule has 4 rings (SSSR count). The van der Waals surface area contributed by atoms with Gasteiger partial charge < -0.3 is 4.74 Å². The lowest BCUT2D eigenvalue weighted by Gasteiger charge is -2.07. The van der Waals surface area contributed by atoms with Crippen molar-refractivity contribution < 1.29 is 9.72 Å². The van der Waals surface area contributed by atoms with Crippen molar-refractivity contribution in [3.05, 3.63) is 72.9 Å². The summed E-state index contributed by atoms with van der Waals surface area (Å²) in [5.74, 6) is 0.887. The monoisotopic (exact) mass is 286 g/mol. The van der Waals surface area contributed by atoms with Crippen LogP contribution in [-0.2, 0) is 0 Å². The zero-order valence-corrected chi connectivity index (χ0v) is 12.3. The second-order valence-electron chi connectivity index (χ2n) is 5.33. The summed E-state index contributed by atoms with van der Waals surface area (Å²) in [6.45, 7) is 0. The second-order valence-corrected chi connectivity index (χ2v) is 5.33. The molecular weight excluding hydrogens is 270 g/mol. The number of fused-ring (bicyclic) bond motifs is 3. The van der Waals surface area contributed by atoms with Gasteiger partial charge in [0.15, 0.2) is 6.20 Å². The molecule has 2 heteroatoms. The molecule has 1 N–H and O–H groups in total. The molecule has 0 unspecified atom stereocenters. The molecule has 106 valence electrons. The van der Waals surface area contributed by atoms with Crippen LogP contribution in [0.2, 0.25) is 0 Å². The maximum absolute atomic E-state index is 5.32. The van der Waals surface area contributed by atoms with Gasteiger partial charge in [-0.25, -0.2) is 4.98 Å². The van der Waals surface area contributed by atoms with E-state index in [1.54, 1.807) is 7.11 Å². The first-order valence-electron chi connectivity index (χ1n) is 7.33. The van der Waals surface area contributed by atoms with Crippen molar-refractivity contribution in [3.63, 3.8) is 0 Å². The third-order valence-corrected chi connectivity index (χ3v) is 4.08. The Morgan fingerprint density at radius 2 is 1.59 bits per heavy atom. The minimum atomic E-state index is 0.887. The highest BCUT2D eigenvalue weighted by Gasteiger charge is 2.12. The molecule has 0 saturated heterocycles. The molecule has 0 atom stereocenters. The van der Waals surface area contributed by atoms with Gasteiger partial charge in [-0.15, -0.1) is 0 Å². The molecule has 0 amide bonds. The van der Waals surface area contributed by atoms with Crippen LogP contribution in [0.1, 0.15) is 0 Å². The molecule has 4 aromatic rings. The maximum atomic E-state index is 5.32. The van der Waals surface area contributed by atoms with Gasteiger partial charge in [0.1, 0.15) is 5.75 Å². The number of nitrogens with one attached hydrogen (secondary N) is 1. The van der Waals surface area contributed by atoms with E-state index in [-0.39, 0.29) is 0 Å². The summed E-state index contributed by atoms with van der Waals surface area (Å²) in [4.78, 5) is 3.39. The predicted octanol–water partition coefficient (Wildman–Crippen LogP) is 4.48. The van der Waals surface area contributed by atoms with E-state index in [4.69, 9.17) is 4.74 Å². The molecule has 2 nitrogen and oxygen atoms in total. The quantitative estimate of drug-likeness (QED) is 0.498. The standard InChI is InChI=1S/C20H15NO/c1-22-16-8-10-17-15(13-16)7-9-19-18(17)11-12-21-20(19)14-5-3-2-4-6-14/h2-13H,1H3/p+1. The third-order valence-electron chi connectivity index (χ3n) is 4.08. The summed E-state index contributed by atoms with van der Waals surface area (Å²) < 4.78 is 5.32. The van der Waals surface area contributed by atoms with E-state index in [2.05, 4.69) is 59.6 Å². The molecule has 22 heavy (non-hydrogen) atoms. The Labute approximate surface area is 129 Å². The van der Waals surface area contributed by atoms with Crippen molar-refractivity contribution in [3.8, 4) is 17.0 Å². The Hall–Kier alpha value is -2.87. The number of hydrogen-bond acceptors (Lipinski definition) is 1. The van der Waals surface area contributed by atoms with Crippen LogP contribution in [0.4, 0.5) is 0 Å². The summed E-state index contributed by atoms with van der Waals surface area (Å²) in [6, 6.07) is 23.1. The fraction of sp³-hybridized carbons (Fsp3) is 0.0500. The molecule has 0 aliphatic heterocycles. The fourth-order valence-corrected chi connectivity index (χ4v) is 2.99.